The van der Waals surface area contributed by atoms with Gasteiger partial charge in [-0.3, -0.25) is 24.4 Å². The maximum Gasteiger partial charge on any atom is 0.268 e. The van der Waals surface area contributed by atoms with Crippen molar-refractivity contribution in [3.63, 3.8) is 0 Å². The summed E-state index contributed by atoms with van der Waals surface area (Å²) >= 11 is 0. The summed E-state index contributed by atoms with van der Waals surface area (Å²) in [6.45, 7) is 3.58. The molecular formula is C31H33N5O4. The van der Waals surface area contributed by atoms with Crippen LogP contribution < -0.4 is 14.5 Å². The third-order valence-corrected chi connectivity index (χ3v) is 7.18. The smallest absolute Gasteiger partial charge is 0.268 e. The minimum absolute atomic E-state index is 0.0536. The third-order valence-electron chi connectivity index (χ3n) is 7.18. The average Bonchev–Trinajstić information content (AvgIpc) is 3.34. The van der Waals surface area contributed by atoms with Gasteiger partial charge >= 0.3 is 0 Å². The number of nitrogens with zero attached hydrogens (tertiary/aromatic N) is 4. The zero-order valence-electron chi connectivity index (χ0n) is 23.0. The van der Waals surface area contributed by atoms with Crippen LogP contribution in [0.4, 0.5) is 11.4 Å². The Morgan fingerprint density at radius 3 is 2.45 bits per heavy atom. The molecule has 3 amide bonds. The second-order valence-electron chi connectivity index (χ2n) is 10.1. The van der Waals surface area contributed by atoms with Gasteiger partial charge in [0.2, 0.25) is 5.91 Å². The molecule has 0 atom stereocenters. The van der Waals surface area contributed by atoms with Gasteiger partial charge in [-0.15, -0.1) is 0 Å². The lowest BCUT2D eigenvalue weighted by atomic mass is 9.95. The number of carbonyl (C=O) groups is 3. The number of para-hydroxylation sites is 1. The molecule has 1 aliphatic carbocycles. The molecular weight excluding hydrogens is 506 g/mol. The molecule has 0 saturated heterocycles. The summed E-state index contributed by atoms with van der Waals surface area (Å²) in [6.07, 6.45) is 8.43. The van der Waals surface area contributed by atoms with E-state index in [-0.39, 0.29) is 24.1 Å². The second-order valence-corrected chi connectivity index (χ2v) is 10.1. The fourth-order valence-corrected chi connectivity index (χ4v) is 5.16. The predicted octanol–water partition coefficient (Wildman–Crippen LogP) is 4.47. The first-order valence-electron chi connectivity index (χ1n) is 13.5. The first-order chi connectivity index (χ1) is 19.4. The number of ether oxygens (including phenoxy) is 1. The van der Waals surface area contributed by atoms with E-state index >= 15 is 0 Å². The molecule has 1 N–H and O–H groups in total. The molecule has 1 aromatic heterocycles. The standard InChI is InChI=1S/C31H33N5O4/c1-21(2)36(23-13-15-24(40-3)16-14-23)29(37)20-34-17-18-35(22-9-5-4-6-10-22)31(39)26(30(34)38)19-28-25-11-7-8-12-27(25)32-33-28/h4-6,9-10,13-19,21H,7-8,11-12,20H2,1-3H3,(H,32,33)/b26-19+. The van der Waals surface area contributed by atoms with E-state index in [1.165, 1.54) is 22.2 Å². The molecule has 0 bridgehead atoms. The van der Waals surface area contributed by atoms with E-state index in [0.29, 0.717) is 22.8 Å². The summed E-state index contributed by atoms with van der Waals surface area (Å²) in [7, 11) is 1.58. The van der Waals surface area contributed by atoms with Gasteiger partial charge in [0.15, 0.2) is 0 Å². The summed E-state index contributed by atoms with van der Waals surface area (Å²) in [5.74, 6) is -0.638. The maximum absolute atomic E-state index is 13.9. The highest BCUT2D eigenvalue weighted by atomic mass is 16.5. The number of hydrogen-bond acceptors (Lipinski definition) is 5. The number of fused-ring (bicyclic) bond motifs is 1. The summed E-state index contributed by atoms with van der Waals surface area (Å²) in [5, 5.41) is 7.50. The van der Waals surface area contributed by atoms with E-state index in [4.69, 9.17) is 4.74 Å². The van der Waals surface area contributed by atoms with Crippen LogP contribution in [0, 0.1) is 0 Å². The number of anilines is 2. The molecule has 9 nitrogen and oxygen atoms in total. The fourth-order valence-electron chi connectivity index (χ4n) is 5.16. The van der Waals surface area contributed by atoms with E-state index in [1.807, 2.05) is 44.2 Å². The van der Waals surface area contributed by atoms with Crippen LogP contribution >= 0.6 is 0 Å². The molecule has 0 fully saturated rings. The van der Waals surface area contributed by atoms with Crippen LogP contribution in [0.1, 0.15) is 43.6 Å². The summed E-state index contributed by atoms with van der Waals surface area (Å²) < 4.78 is 5.25. The number of aryl methyl sites for hydroxylation is 1. The van der Waals surface area contributed by atoms with Crippen molar-refractivity contribution >= 4 is 35.2 Å². The molecule has 5 rings (SSSR count). The number of nitrogens with one attached hydrogen (secondary N) is 1. The molecule has 0 saturated carbocycles. The second kappa shape index (κ2) is 11.6. The number of aromatic amines is 1. The Morgan fingerprint density at radius 1 is 1.02 bits per heavy atom. The Labute approximate surface area is 233 Å². The minimum atomic E-state index is -0.556. The number of amides is 3. The van der Waals surface area contributed by atoms with Crippen molar-refractivity contribution in [3.05, 3.63) is 89.5 Å². The monoisotopic (exact) mass is 539 g/mol. The molecule has 2 aliphatic rings. The van der Waals surface area contributed by atoms with Gasteiger partial charge in [0, 0.05) is 41.1 Å². The van der Waals surface area contributed by atoms with Crippen LogP contribution in [0.3, 0.4) is 0 Å². The van der Waals surface area contributed by atoms with Gasteiger partial charge in [0.05, 0.1) is 12.8 Å². The van der Waals surface area contributed by atoms with Gasteiger partial charge in [-0.1, -0.05) is 18.2 Å². The van der Waals surface area contributed by atoms with E-state index in [0.717, 1.165) is 36.9 Å². The van der Waals surface area contributed by atoms with Crippen LogP contribution in [0.5, 0.6) is 5.75 Å². The van der Waals surface area contributed by atoms with Crippen molar-refractivity contribution in [2.24, 2.45) is 0 Å². The van der Waals surface area contributed by atoms with Crippen LogP contribution in [-0.4, -0.2) is 52.5 Å². The summed E-state index contributed by atoms with van der Waals surface area (Å²) in [5.41, 5.74) is 3.92. The van der Waals surface area contributed by atoms with Crippen LogP contribution in [0.25, 0.3) is 6.08 Å². The van der Waals surface area contributed by atoms with Crippen LogP contribution in [0.15, 0.2) is 72.6 Å². The molecule has 0 radical (unpaired) electrons. The number of benzene rings is 2. The molecule has 3 aromatic rings. The molecule has 1 aliphatic heterocycles. The molecule has 0 spiro atoms. The number of carbonyl (C=O) groups excluding carboxylic acids is 3. The maximum atomic E-state index is 13.9. The Hall–Kier alpha value is -4.66. The largest absolute Gasteiger partial charge is 0.497 e. The third kappa shape index (κ3) is 5.40. The Balaban J connectivity index is 1.50. The number of aromatic nitrogens is 2. The molecule has 2 heterocycles. The van der Waals surface area contributed by atoms with E-state index in [1.54, 1.807) is 42.4 Å². The highest BCUT2D eigenvalue weighted by Crippen LogP contribution is 2.27. The average molecular weight is 540 g/mol. The number of methoxy groups -OCH3 is 1. The van der Waals surface area contributed by atoms with E-state index in [2.05, 4.69) is 10.2 Å². The lowest BCUT2D eigenvalue weighted by molar-refractivity contribution is -0.131. The Kier molecular flexibility index (Phi) is 7.82. The molecule has 9 heteroatoms. The van der Waals surface area contributed by atoms with Gasteiger partial charge in [0.25, 0.3) is 11.8 Å². The van der Waals surface area contributed by atoms with Gasteiger partial charge < -0.3 is 14.5 Å². The summed E-state index contributed by atoms with van der Waals surface area (Å²) in [6, 6.07) is 16.1. The van der Waals surface area contributed by atoms with Crippen molar-refractivity contribution in [3.8, 4) is 5.75 Å². The first-order valence-corrected chi connectivity index (χ1v) is 13.5. The zero-order chi connectivity index (χ0) is 28.2. The van der Waals surface area contributed by atoms with Gasteiger partial charge in [-0.25, -0.2) is 0 Å². The molecule has 0 unspecified atom stereocenters. The van der Waals surface area contributed by atoms with Crippen molar-refractivity contribution in [2.45, 2.75) is 45.6 Å². The minimum Gasteiger partial charge on any atom is -0.497 e. The number of rotatable bonds is 7. The lowest BCUT2D eigenvalue weighted by Gasteiger charge is -2.29. The number of H-pyrrole nitrogens is 1. The highest BCUT2D eigenvalue weighted by molar-refractivity contribution is 6.28. The van der Waals surface area contributed by atoms with Crippen LogP contribution in [-0.2, 0) is 27.2 Å². The molecule has 2 aromatic carbocycles. The molecule has 206 valence electrons. The lowest BCUT2D eigenvalue weighted by Crippen LogP contribution is -2.44. The van der Waals surface area contributed by atoms with Crippen molar-refractivity contribution in [1.82, 2.24) is 15.1 Å². The van der Waals surface area contributed by atoms with Crippen molar-refractivity contribution in [2.75, 3.05) is 23.5 Å². The fraction of sp³-hybridized carbons (Fsp3) is 0.290. The van der Waals surface area contributed by atoms with Gasteiger partial charge in [-0.05, 0) is 82.0 Å². The van der Waals surface area contributed by atoms with Crippen molar-refractivity contribution < 1.29 is 19.1 Å². The number of hydrogen-bond donors (Lipinski definition) is 1. The van der Waals surface area contributed by atoms with Gasteiger partial charge in [-0.2, -0.15) is 5.10 Å². The van der Waals surface area contributed by atoms with E-state index in [9.17, 15) is 14.4 Å². The highest BCUT2D eigenvalue weighted by Gasteiger charge is 2.33. The topological polar surface area (TPSA) is 98.8 Å². The van der Waals surface area contributed by atoms with Crippen molar-refractivity contribution in [1.29, 1.82) is 0 Å². The quantitative estimate of drug-likeness (QED) is 0.353. The molecule has 40 heavy (non-hydrogen) atoms. The Morgan fingerprint density at radius 2 is 1.75 bits per heavy atom. The summed E-state index contributed by atoms with van der Waals surface area (Å²) in [4.78, 5) is 45.7. The predicted molar refractivity (Wildman–Crippen MR) is 154 cm³/mol. The van der Waals surface area contributed by atoms with Gasteiger partial charge in [0.1, 0.15) is 17.9 Å². The SMILES string of the molecule is COc1ccc(N(C(=O)CN2C=CN(c3ccccc3)C(=O)/C(=C/c3n[nH]c4c3CCCC4)C2=O)C(C)C)cc1. The van der Waals surface area contributed by atoms with E-state index < -0.39 is 11.8 Å². The zero-order valence-corrected chi connectivity index (χ0v) is 23.0. The van der Waals surface area contributed by atoms with Crippen LogP contribution in [0.2, 0.25) is 0 Å². The first kappa shape index (κ1) is 26.9. The Bertz CT molecular complexity index is 1460. The normalized spacial score (nSPS) is 16.4.